The van der Waals surface area contributed by atoms with Gasteiger partial charge in [0, 0.05) is 35.6 Å². The molecular formula is C27H34ClF2N5O3. The number of halogens is 3. The first-order valence-corrected chi connectivity index (χ1v) is 13.6. The smallest absolute Gasteiger partial charge is 0.255 e. The summed E-state index contributed by atoms with van der Waals surface area (Å²) in [6.45, 7) is 4.40. The van der Waals surface area contributed by atoms with E-state index in [9.17, 15) is 19.6 Å². The molecule has 0 aromatic heterocycles. The molecule has 3 N–H and O–H groups in total. The number of carbonyl (C=O) groups is 3. The molecule has 3 heterocycles. The van der Waals surface area contributed by atoms with Crippen molar-refractivity contribution < 1.29 is 23.2 Å². The van der Waals surface area contributed by atoms with Crippen LogP contribution in [0.25, 0.3) is 0 Å². The number of rotatable bonds is 9. The minimum Gasteiger partial charge on any atom is -0.374 e. The van der Waals surface area contributed by atoms with Crippen molar-refractivity contribution in [2.75, 3.05) is 11.9 Å². The molecule has 1 aliphatic carbocycles. The molecule has 3 aliphatic heterocycles. The maximum absolute atomic E-state index is 15.1. The molecule has 0 radical (unpaired) electrons. The van der Waals surface area contributed by atoms with Crippen LogP contribution in [0.4, 0.5) is 14.5 Å². The lowest BCUT2D eigenvalue weighted by Crippen LogP contribution is -2.70. The highest BCUT2D eigenvalue weighted by Crippen LogP contribution is 2.49. The first-order valence-electron chi connectivity index (χ1n) is 13.2. The highest BCUT2D eigenvalue weighted by atomic mass is 35.5. The number of carbonyl (C=O) groups excluding carboxylic acids is 3. The van der Waals surface area contributed by atoms with Gasteiger partial charge in [-0.2, -0.15) is 5.26 Å². The summed E-state index contributed by atoms with van der Waals surface area (Å²) in [5, 5.41) is 18.6. The Hall–Kier alpha value is -2.93. The Morgan fingerprint density at radius 1 is 1.29 bits per heavy atom. The highest BCUT2D eigenvalue weighted by molar-refractivity contribution is 6.30. The minimum absolute atomic E-state index is 0.0888. The number of alkyl halides is 2. The Bertz CT molecular complexity index is 1110. The molecule has 206 valence electrons. The summed E-state index contributed by atoms with van der Waals surface area (Å²) in [7, 11) is 0. The number of benzene rings is 1. The number of anilines is 1. The van der Waals surface area contributed by atoms with Crippen LogP contribution in [-0.4, -0.2) is 59.3 Å². The van der Waals surface area contributed by atoms with Gasteiger partial charge in [-0.25, -0.2) is 8.78 Å². The minimum atomic E-state index is -3.11. The van der Waals surface area contributed by atoms with Gasteiger partial charge in [0.15, 0.2) is 0 Å². The monoisotopic (exact) mass is 549 g/mol. The summed E-state index contributed by atoms with van der Waals surface area (Å²) in [5.74, 6) is -6.18. The molecule has 3 amide bonds. The molecule has 0 spiro atoms. The molecule has 1 saturated carbocycles. The van der Waals surface area contributed by atoms with E-state index in [0.717, 1.165) is 0 Å². The van der Waals surface area contributed by atoms with Gasteiger partial charge in [0.2, 0.25) is 17.7 Å². The lowest BCUT2D eigenvalue weighted by Gasteiger charge is -2.54. The Kier molecular flexibility index (Phi) is 8.46. The Morgan fingerprint density at radius 3 is 2.66 bits per heavy atom. The number of nitrogens with one attached hydrogen (secondary N) is 3. The molecule has 38 heavy (non-hydrogen) atoms. The fourth-order valence-electron chi connectivity index (χ4n) is 6.03. The third kappa shape index (κ3) is 6.04. The molecule has 3 saturated heterocycles. The number of nitrogens with zero attached hydrogens (tertiary/aromatic N) is 2. The van der Waals surface area contributed by atoms with Crippen LogP contribution < -0.4 is 16.0 Å². The second-order valence-corrected chi connectivity index (χ2v) is 11.5. The van der Waals surface area contributed by atoms with E-state index < -0.39 is 60.2 Å². The average Bonchev–Trinajstić information content (AvgIpc) is 3.25. The first-order chi connectivity index (χ1) is 18.0. The van der Waals surface area contributed by atoms with Gasteiger partial charge >= 0.3 is 0 Å². The van der Waals surface area contributed by atoms with E-state index in [1.165, 1.54) is 4.90 Å². The van der Waals surface area contributed by atoms with E-state index in [1.807, 2.05) is 19.9 Å². The standard InChI is InChI=1S/C27H34ClF2N5O3/c1-15(2)10-22(33-18-5-3-4-17(28)12-18)26(38)35-20-6-7-21(27(29,30)13-20)23(35)25(37)34-19(14-31)11-16-8-9-32-24(16)36/h3-5,12,15-16,19-23,33H,6-11,13H2,1-2H3,(H,32,36)(H,34,37)/t16-,19+,20-,21-,22+,23+/m0/s1. The summed E-state index contributed by atoms with van der Waals surface area (Å²) >= 11 is 6.12. The SMILES string of the molecule is CC(C)C[C@@H](Nc1cccc(Cl)c1)C(=O)N1[C@H]2CC[C@@H]([C@@H]1C(=O)N[C@@H](C#N)C[C@@H]1CCNC1=O)C(F)(F)C2. The molecule has 6 atom stereocenters. The maximum Gasteiger partial charge on any atom is 0.255 e. The van der Waals surface area contributed by atoms with Gasteiger partial charge in [-0.1, -0.05) is 31.5 Å². The Morgan fingerprint density at radius 2 is 2.05 bits per heavy atom. The van der Waals surface area contributed by atoms with E-state index in [0.29, 0.717) is 36.5 Å². The van der Waals surface area contributed by atoms with Crippen LogP contribution in [0.5, 0.6) is 0 Å². The molecule has 4 fully saturated rings. The molecule has 1 aromatic rings. The van der Waals surface area contributed by atoms with Crippen LogP contribution in [0.1, 0.15) is 52.4 Å². The summed E-state index contributed by atoms with van der Waals surface area (Å²) in [6, 6.07) is 4.89. The summed E-state index contributed by atoms with van der Waals surface area (Å²) < 4.78 is 30.2. The Balaban J connectivity index is 1.59. The number of amides is 3. The lowest BCUT2D eigenvalue weighted by molar-refractivity contribution is -0.194. The molecule has 1 aromatic carbocycles. The second-order valence-electron chi connectivity index (χ2n) is 11.0. The van der Waals surface area contributed by atoms with Crippen LogP contribution in [0.2, 0.25) is 5.02 Å². The fraction of sp³-hybridized carbons (Fsp3) is 0.630. The summed E-state index contributed by atoms with van der Waals surface area (Å²) in [4.78, 5) is 40.9. The molecule has 0 unspecified atom stereocenters. The van der Waals surface area contributed by atoms with Gasteiger partial charge in [0.05, 0.1) is 12.0 Å². The van der Waals surface area contributed by atoms with Crippen molar-refractivity contribution >= 4 is 35.0 Å². The normalized spacial score (nSPS) is 27.4. The van der Waals surface area contributed by atoms with E-state index in [-0.39, 0.29) is 24.7 Å². The van der Waals surface area contributed by atoms with Crippen molar-refractivity contribution in [2.24, 2.45) is 17.8 Å². The molecule has 5 rings (SSSR count). The molecule has 8 nitrogen and oxygen atoms in total. The zero-order chi connectivity index (χ0) is 27.6. The van der Waals surface area contributed by atoms with Gasteiger partial charge in [-0.3, -0.25) is 14.4 Å². The topological polar surface area (TPSA) is 114 Å². The molecule has 2 bridgehead atoms. The number of piperidine rings is 2. The number of hydrogen-bond donors (Lipinski definition) is 3. The molecular weight excluding hydrogens is 516 g/mol. The van der Waals surface area contributed by atoms with Crippen LogP contribution in [0.15, 0.2) is 24.3 Å². The Labute approximate surface area is 226 Å². The highest BCUT2D eigenvalue weighted by Gasteiger charge is 2.61. The summed E-state index contributed by atoms with van der Waals surface area (Å²) in [5.41, 5.74) is 0.615. The zero-order valence-electron chi connectivity index (χ0n) is 21.6. The van der Waals surface area contributed by atoms with Crippen molar-refractivity contribution in [1.29, 1.82) is 5.26 Å². The van der Waals surface area contributed by atoms with Crippen molar-refractivity contribution in [2.45, 2.75) is 82.5 Å². The van der Waals surface area contributed by atoms with Gasteiger partial charge in [-0.05, 0) is 56.2 Å². The van der Waals surface area contributed by atoms with Gasteiger partial charge in [0.25, 0.3) is 5.92 Å². The van der Waals surface area contributed by atoms with E-state index >= 15 is 8.78 Å². The number of nitriles is 1. The molecule has 11 heteroatoms. The van der Waals surface area contributed by atoms with Crippen LogP contribution in [0.3, 0.4) is 0 Å². The van der Waals surface area contributed by atoms with Crippen molar-refractivity contribution in [3.8, 4) is 6.07 Å². The van der Waals surface area contributed by atoms with E-state index in [2.05, 4.69) is 16.0 Å². The fourth-order valence-corrected chi connectivity index (χ4v) is 6.22. The quantitative estimate of drug-likeness (QED) is 0.434. The zero-order valence-corrected chi connectivity index (χ0v) is 22.3. The van der Waals surface area contributed by atoms with Crippen molar-refractivity contribution in [3.05, 3.63) is 29.3 Å². The average molecular weight is 550 g/mol. The third-order valence-electron chi connectivity index (χ3n) is 7.78. The predicted molar refractivity (Wildman–Crippen MR) is 138 cm³/mol. The predicted octanol–water partition coefficient (Wildman–Crippen LogP) is 3.72. The first kappa shape index (κ1) is 28.1. The second kappa shape index (κ2) is 11.4. The van der Waals surface area contributed by atoms with Crippen LogP contribution >= 0.6 is 11.6 Å². The number of hydrogen-bond acceptors (Lipinski definition) is 5. The maximum atomic E-state index is 15.1. The van der Waals surface area contributed by atoms with Gasteiger partial charge in [0.1, 0.15) is 18.1 Å². The van der Waals surface area contributed by atoms with E-state index in [1.54, 1.807) is 24.3 Å². The third-order valence-corrected chi connectivity index (χ3v) is 8.02. The van der Waals surface area contributed by atoms with Crippen molar-refractivity contribution in [1.82, 2.24) is 15.5 Å². The van der Waals surface area contributed by atoms with Crippen LogP contribution in [0, 0.1) is 29.1 Å². The lowest BCUT2D eigenvalue weighted by atomic mass is 9.71. The molecule has 4 aliphatic rings. The van der Waals surface area contributed by atoms with E-state index in [4.69, 9.17) is 11.6 Å². The van der Waals surface area contributed by atoms with Gasteiger partial charge < -0.3 is 20.9 Å². The number of fused-ring (bicyclic) bond motifs is 3. The largest absolute Gasteiger partial charge is 0.374 e. The summed E-state index contributed by atoms with van der Waals surface area (Å²) in [6.07, 6.45) is 1.04. The van der Waals surface area contributed by atoms with Gasteiger partial charge in [-0.15, -0.1) is 0 Å². The van der Waals surface area contributed by atoms with Crippen molar-refractivity contribution in [3.63, 3.8) is 0 Å². The van der Waals surface area contributed by atoms with Crippen LogP contribution in [-0.2, 0) is 14.4 Å².